The Morgan fingerprint density at radius 3 is 2.77 bits per heavy atom. The monoisotopic (exact) mass is 183 g/mol. The number of likely N-dealkylation sites (N-methyl/N-ethyl adjacent to an activating group) is 1. The fourth-order valence-electron chi connectivity index (χ4n) is 1.17. The third kappa shape index (κ3) is 2.09. The highest BCUT2D eigenvalue weighted by Gasteiger charge is 2.07. The summed E-state index contributed by atoms with van der Waals surface area (Å²) in [7, 11) is 1.83. The lowest BCUT2D eigenvalue weighted by atomic mass is 10.2. The fraction of sp³-hybridized carbons (Fsp3) is 0.333. The number of anilines is 2. The molecule has 0 spiro atoms. The zero-order chi connectivity index (χ0) is 9.84. The highest BCUT2D eigenvalue weighted by Crippen LogP contribution is 2.23. The Bertz CT molecular complexity index is 288. The van der Waals surface area contributed by atoms with Gasteiger partial charge in [0.1, 0.15) is 5.82 Å². The molecule has 0 heterocycles. The van der Waals surface area contributed by atoms with Gasteiger partial charge in [-0.05, 0) is 12.1 Å². The summed E-state index contributed by atoms with van der Waals surface area (Å²) in [6, 6.07) is 4.75. The van der Waals surface area contributed by atoms with E-state index in [1.807, 2.05) is 11.9 Å². The minimum atomic E-state index is -0.388. The molecule has 0 radical (unpaired) electrons. The van der Waals surface area contributed by atoms with Gasteiger partial charge in [0.05, 0.1) is 11.4 Å². The molecular formula is C9H14FN3. The van der Waals surface area contributed by atoms with Crippen molar-refractivity contribution in [2.24, 2.45) is 5.73 Å². The lowest BCUT2D eigenvalue weighted by Crippen LogP contribution is -2.25. The Morgan fingerprint density at radius 2 is 2.15 bits per heavy atom. The van der Waals surface area contributed by atoms with Crippen LogP contribution >= 0.6 is 0 Å². The van der Waals surface area contributed by atoms with E-state index < -0.39 is 0 Å². The molecule has 13 heavy (non-hydrogen) atoms. The van der Waals surface area contributed by atoms with Crippen LogP contribution in [0.1, 0.15) is 0 Å². The maximum Gasteiger partial charge on any atom is 0.148 e. The van der Waals surface area contributed by atoms with Gasteiger partial charge in [0, 0.05) is 20.1 Å². The molecule has 0 saturated carbocycles. The Kier molecular flexibility index (Phi) is 3.08. The first kappa shape index (κ1) is 9.80. The summed E-state index contributed by atoms with van der Waals surface area (Å²) in [5.74, 6) is -0.388. The van der Waals surface area contributed by atoms with Crippen molar-refractivity contribution in [3.8, 4) is 0 Å². The van der Waals surface area contributed by atoms with Crippen molar-refractivity contribution in [3.63, 3.8) is 0 Å². The summed E-state index contributed by atoms with van der Waals surface area (Å²) in [5, 5.41) is 0. The van der Waals surface area contributed by atoms with E-state index in [0.29, 0.717) is 18.8 Å². The Labute approximate surface area is 77.1 Å². The van der Waals surface area contributed by atoms with Gasteiger partial charge in [0.2, 0.25) is 0 Å². The number of benzene rings is 1. The number of nitrogens with zero attached hydrogens (tertiary/aromatic N) is 1. The van der Waals surface area contributed by atoms with Gasteiger partial charge in [-0.25, -0.2) is 4.39 Å². The van der Waals surface area contributed by atoms with E-state index in [0.717, 1.165) is 0 Å². The molecule has 0 bridgehead atoms. The van der Waals surface area contributed by atoms with E-state index in [2.05, 4.69) is 0 Å². The highest BCUT2D eigenvalue weighted by molar-refractivity contribution is 5.67. The highest BCUT2D eigenvalue weighted by atomic mass is 19.1. The molecule has 0 unspecified atom stereocenters. The summed E-state index contributed by atoms with van der Waals surface area (Å²) < 4.78 is 13.0. The molecule has 4 heteroatoms. The summed E-state index contributed by atoms with van der Waals surface area (Å²) >= 11 is 0. The van der Waals surface area contributed by atoms with Crippen LogP contribution in [0, 0.1) is 5.82 Å². The van der Waals surface area contributed by atoms with Gasteiger partial charge in [-0.1, -0.05) is 6.07 Å². The van der Waals surface area contributed by atoms with Crippen LogP contribution in [-0.4, -0.2) is 20.1 Å². The second-order valence-electron chi connectivity index (χ2n) is 2.88. The Balaban J connectivity index is 2.93. The molecule has 0 aliphatic carbocycles. The fourth-order valence-corrected chi connectivity index (χ4v) is 1.17. The van der Waals surface area contributed by atoms with Crippen LogP contribution in [0.25, 0.3) is 0 Å². The molecule has 0 aromatic heterocycles. The largest absolute Gasteiger partial charge is 0.395 e. The lowest BCUT2D eigenvalue weighted by molar-refractivity contribution is 0.632. The van der Waals surface area contributed by atoms with Crippen molar-refractivity contribution in [2.75, 3.05) is 30.8 Å². The topological polar surface area (TPSA) is 55.3 Å². The van der Waals surface area contributed by atoms with E-state index in [9.17, 15) is 4.39 Å². The van der Waals surface area contributed by atoms with Crippen molar-refractivity contribution in [1.29, 1.82) is 0 Å². The summed E-state index contributed by atoms with van der Waals surface area (Å²) in [5.41, 5.74) is 11.8. The lowest BCUT2D eigenvalue weighted by Gasteiger charge is -2.20. The van der Waals surface area contributed by atoms with Crippen LogP contribution in [-0.2, 0) is 0 Å². The van der Waals surface area contributed by atoms with E-state index in [1.54, 1.807) is 12.1 Å². The van der Waals surface area contributed by atoms with Crippen molar-refractivity contribution >= 4 is 11.4 Å². The van der Waals surface area contributed by atoms with Crippen molar-refractivity contribution in [2.45, 2.75) is 0 Å². The SMILES string of the molecule is CN(CCN)c1cccc(F)c1N. The first-order valence-electron chi connectivity index (χ1n) is 4.12. The van der Waals surface area contributed by atoms with E-state index in [4.69, 9.17) is 11.5 Å². The quantitative estimate of drug-likeness (QED) is 0.681. The number of nitrogen functional groups attached to an aromatic ring is 1. The number of halogens is 1. The number of hydrogen-bond acceptors (Lipinski definition) is 3. The molecular weight excluding hydrogens is 169 g/mol. The van der Waals surface area contributed by atoms with Gasteiger partial charge in [-0.3, -0.25) is 0 Å². The van der Waals surface area contributed by atoms with Gasteiger partial charge >= 0.3 is 0 Å². The second kappa shape index (κ2) is 4.09. The van der Waals surface area contributed by atoms with Crippen LogP contribution in [0.15, 0.2) is 18.2 Å². The molecule has 72 valence electrons. The molecule has 0 amide bonds. The molecule has 1 aromatic carbocycles. The molecule has 1 aromatic rings. The maximum atomic E-state index is 13.0. The standard InChI is InChI=1S/C9H14FN3/c1-13(6-5-11)8-4-2-3-7(10)9(8)12/h2-4H,5-6,11-12H2,1H3. The summed E-state index contributed by atoms with van der Waals surface area (Å²) in [6.45, 7) is 1.18. The smallest absolute Gasteiger partial charge is 0.148 e. The third-order valence-electron chi connectivity index (χ3n) is 1.91. The van der Waals surface area contributed by atoms with Crippen LogP contribution < -0.4 is 16.4 Å². The molecule has 0 atom stereocenters. The molecule has 4 N–H and O–H groups in total. The van der Waals surface area contributed by atoms with Crippen molar-refractivity contribution in [3.05, 3.63) is 24.0 Å². The zero-order valence-electron chi connectivity index (χ0n) is 7.63. The second-order valence-corrected chi connectivity index (χ2v) is 2.88. The number of para-hydroxylation sites is 1. The normalized spacial score (nSPS) is 10.1. The predicted molar refractivity (Wildman–Crippen MR) is 53.1 cm³/mol. The minimum Gasteiger partial charge on any atom is -0.395 e. The zero-order valence-corrected chi connectivity index (χ0v) is 7.63. The molecule has 3 nitrogen and oxygen atoms in total. The van der Waals surface area contributed by atoms with Crippen LogP contribution in [0.4, 0.5) is 15.8 Å². The Morgan fingerprint density at radius 1 is 1.46 bits per heavy atom. The summed E-state index contributed by atoms with van der Waals surface area (Å²) in [6.07, 6.45) is 0. The summed E-state index contributed by atoms with van der Waals surface area (Å²) in [4.78, 5) is 1.83. The average Bonchev–Trinajstić information content (AvgIpc) is 2.10. The average molecular weight is 183 g/mol. The van der Waals surface area contributed by atoms with Crippen molar-refractivity contribution < 1.29 is 4.39 Å². The van der Waals surface area contributed by atoms with Crippen LogP contribution in [0.2, 0.25) is 0 Å². The molecule has 0 fully saturated rings. The van der Waals surface area contributed by atoms with Gasteiger partial charge in [-0.2, -0.15) is 0 Å². The number of rotatable bonds is 3. The van der Waals surface area contributed by atoms with Crippen LogP contribution in [0.3, 0.4) is 0 Å². The van der Waals surface area contributed by atoms with E-state index in [-0.39, 0.29) is 11.5 Å². The van der Waals surface area contributed by atoms with E-state index >= 15 is 0 Å². The van der Waals surface area contributed by atoms with Gasteiger partial charge in [-0.15, -0.1) is 0 Å². The van der Waals surface area contributed by atoms with Crippen LogP contribution in [0.5, 0.6) is 0 Å². The van der Waals surface area contributed by atoms with Gasteiger partial charge in [0.25, 0.3) is 0 Å². The Hall–Kier alpha value is -1.29. The minimum absolute atomic E-state index is 0.179. The molecule has 0 aliphatic heterocycles. The van der Waals surface area contributed by atoms with E-state index in [1.165, 1.54) is 6.07 Å². The first-order valence-corrected chi connectivity index (χ1v) is 4.12. The first-order chi connectivity index (χ1) is 6.16. The van der Waals surface area contributed by atoms with Gasteiger partial charge < -0.3 is 16.4 Å². The molecule has 1 rings (SSSR count). The van der Waals surface area contributed by atoms with Gasteiger partial charge in [0.15, 0.2) is 0 Å². The number of hydrogen-bond donors (Lipinski definition) is 2. The molecule has 0 saturated heterocycles. The predicted octanol–water partition coefficient (Wildman–Crippen LogP) is 0.803. The number of nitrogens with two attached hydrogens (primary N) is 2. The van der Waals surface area contributed by atoms with Crippen molar-refractivity contribution in [1.82, 2.24) is 0 Å². The third-order valence-corrected chi connectivity index (χ3v) is 1.91. The maximum absolute atomic E-state index is 13.0. The molecule has 0 aliphatic rings.